The molecule has 0 saturated heterocycles. The van der Waals surface area contributed by atoms with E-state index < -0.39 is 5.91 Å². The van der Waals surface area contributed by atoms with Gasteiger partial charge in [-0.15, -0.1) is 0 Å². The molecule has 0 unspecified atom stereocenters. The zero-order valence-corrected chi connectivity index (χ0v) is 17.6. The molecule has 0 radical (unpaired) electrons. The predicted octanol–water partition coefficient (Wildman–Crippen LogP) is 3.43. The Labute approximate surface area is 179 Å². The molecule has 9 heteroatoms. The van der Waals surface area contributed by atoms with Crippen LogP contribution in [0.3, 0.4) is 0 Å². The zero-order chi connectivity index (χ0) is 21.1. The number of nitrogens with zero attached hydrogens (tertiary/aromatic N) is 3. The molecule has 3 aromatic rings. The number of primary amides is 1. The van der Waals surface area contributed by atoms with Gasteiger partial charge in [0.25, 0.3) is 5.91 Å². The van der Waals surface area contributed by atoms with E-state index in [2.05, 4.69) is 25.0 Å². The van der Waals surface area contributed by atoms with Crippen molar-refractivity contribution in [2.24, 2.45) is 11.5 Å². The smallest absolute Gasteiger partial charge is 0.271 e. The van der Waals surface area contributed by atoms with Crippen LogP contribution in [-0.2, 0) is 0 Å². The Balaban J connectivity index is 1.66. The minimum atomic E-state index is -0.645. The summed E-state index contributed by atoms with van der Waals surface area (Å²) in [7, 11) is 0. The van der Waals surface area contributed by atoms with Gasteiger partial charge in [0.05, 0.1) is 11.9 Å². The van der Waals surface area contributed by atoms with Crippen molar-refractivity contribution in [1.82, 2.24) is 14.3 Å². The summed E-state index contributed by atoms with van der Waals surface area (Å²) in [6, 6.07) is 10.2. The Morgan fingerprint density at radius 3 is 2.70 bits per heavy atom. The number of rotatable bonds is 6. The Bertz CT molecular complexity index is 1040. The van der Waals surface area contributed by atoms with E-state index in [1.165, 1.54) is 17.7 Å². The third-order valence-corrected chi connectivity index (χ3v) is 6.17. The van der Waals surface area contributed by atoms with E-state index in [0.717, 1.165) is 47.5 Å². The summed E-state index contributed by atoms with van der Waals surface area (Å²) in [6.45, 7) is 1.95. The molecule has 8 nitrogen and oxygen atoms in total. The van der Waals surface area contributed by atoms with Gasteiger partial charge in [-0.1, -0.05) is 43.2 Å². The van der Waals surface area contributed by atoms with E-state index >= 15 is 0 Å². The topological polar surface area (TPSA) is 132 Å². The number of benzene rings is 1. The lowest BCUT2D eigenvalue weighted by atomic mass is 9.91. The lowest BCUT2D eigenvalue weighted by molar-refractivity contribution is 0.0996. The van der Waals surface area contributed by atoms with Gasteiger partial charge in [0, 0.05) is 17.6 Å². The number of carbonyl (C=O) groups is 1. The van der Waals surface area contributed by atoms with Gasteiger partial charge in [-0.25, -0.2) is 9.97 Å². The fraction of sp³-hybridized carbons (Fsp3) is 0.333. The quantitative estimate of drug-likeness (QED) is 0.477. The fourth-order valence-electron chi connectivity index (χ4n) is 3.76. The summed E-state index contributed by atoms with van der Waals surface area (Å²) in [4.78, 5) is 20.8. The molecule has 2 heterocycles. The molecule has 30 heavy (non-hydrogen) atoms. The highest BCUT2D eigenvalue weighted by Gasteiger charge is 2.23. The SMILES string of the molecule is Cc1nsc(Nc2nc(N[C@@H]3CCCC[C@@H]3N)cnc2C(N)=O)c1-c1ccccc1. The van der Waals surface area contributed by atoms with Crippen LogP contribution >= 0.6 is 11.5 Å². The van der Waals surface area contributed by atoms with E-state index in [-0.39, 0.29) is 17.8 Å². The number of aryl methyl sites for hydroxylation is 1. The van der Waals surface area contributed by atoms with Crippen LogP contribution in [0.1, 0.15) is 41.9 Å². The van der Waals surface area contributed by atoms with Gasteiger partial charge in [-0.2, -0.15) is 4.37 Å². The molecule has 1 aliphatic rings. The Kier molecular flexibility index (Phi) is 5.91. The van der Waals surface area contributed by atoms with Crippen molar-refractivity contribution in [2.75, 3.05) is 10.6 Å². The molecule has 1 saturated carbocycles. The van der Waals surface area contributed by atoms with E-state index in [4.69, 9.17) is 11.5 Å². The van der Waals surface area contributed by atoms with Crippen molar-refractivity contribution in [3.05, 3.63) is 47.9 Å². The predicted molar refractivity (Wildman–Crippen MR) is 120 cm³/mol. The molecule has 4 rings (SSSR count). The van der Waals surface area contributed by atoms with E-state index in [1.54, 1.807) is 0 Å². The van der Waals surface area contributed by atoms with Crippen molar-refractivity contribution < 1.29 is 4.79 Å². The second-order valence-corrected chi connectivity index (χ2v) is 8.25. The molecule has 1 aromatic carbocycles. The molecule has 0 bridgehead atoms. The molecule has 1 fully saturated rings. The maximum Gasteiger partial charge on any atom is 0.271 e. The molecular formula is C21H25N7OS. The lowest BCUT2D eigenvalue weighted by Gasteiger charge is -2.29. The normalized spacial score (nSPS) is 18.7. The van der Waals surface area contributed by atoms with Gasteiger partial charge in [-0.05, 0) is 36.9 Å². The van der Waals surface area contributed by atoms with Gasteiger partial charge in [0.1, 0.15) is 10.8 Å². The van der Waals surface area contributed by atoms with Crippen molar-refractivity contribution in [3.8, 4) is 11.1 Å². The van der Waals surface area contributed by atoms with Gasteiger partial charge in [0.15, 0.2) is 11.5 Å². The number of aromatic nitrogens is 3. The minimum absolute atomic E-state index is 0.0709. The van der Waals surface area contributed by atoms with Gasteiger partial charge < -0.3 is 22.1 Å². The van der Waals surface area contributed by atoms with Crippen molar-refractivity contribution in [2.45, 2.75) is 44.7 Å². The van der Waals surface area contributed by atoms with Crippen LogP contribution in [0.15, 0.2) is 36.5 Å². The fourth-order valence-corrected chi connectivity index (χ4v) is 4.58. The van der Waals surface area contributed by atoms with Crippen LogP contribution in [0.5, 0.6) is 0 Å². The number of carbonyl (C=O) groups excluding carboxylic acids is 1. The van der Waals surface area contributed by atoms with Crippen molar-refractivity contribution in [3.63, 3.8) is 0 Å². The molecule has 2 aromatic heterocycles. The summed E-state index contributed by atoms with van der Waals surface area (Å²) in [5.74, 6) is 0.221. The summed E-state index contributed by atoms with van der Waals surface area (Å²) >= 11 is 1.31. The number of nitrogens with two attached hydrogens (primary N) is 2. The Hall–Kier alpha value is -3.04. The lowest BCUT2D eigenvalue weighted by Crippen LogP contribution is -2.42. The van der Waals surface area contributed by atoms with Crippen molar-refractivity contribution >= 4 is 34.1 Å². The summed E-state index contributed by atoms with van der Waals surface area (Å²) < 4.78 is 4.47. The second kappa shape index (κ2) is 8.76. The van der Waals surface area contributed by atoms with Gasteiger partial charge in [0.2, 0.25) is 0 Å². The first kappa shape index (κ1) is 20.2. The molecule has 0 aliphatic heterocycles. The molecule has 156 valence electrons. The summed E-state index contributed by atoms with van der Waals surface area (Å²) in [6.07, 6.45) is 5.77. The average molecular weight is 424 g/mol. The Morgan fingerprint density at radius 2 is 1.97 bits per heavy atom. The number of amides is 1. The van der Waals surface area contributed by atoms with E-state index in [9.17, 15) is 4.79 Å². The third-order valence-electron chi connectivity index (χ3n) is 5.32. The first-order valence-electron chi connectivity index (χ1n) is 10.0. The zero-order valence-electron chi connectivity index (χ0n) is 16.8. The number of hydrogen-bond acceptors (Lipinski definition) is 8. The molecule has 1 amide bonds. The van der Waals surface area contributed by atoms with E-state index in [1.807, 2.05) is 37.3 Å². The molecule has 0 spiro atoms. The molecule has 1 aliphatic carbocycles. The number of anilines is 3. The van der Waals surface area contributed by atoms with Gasteiger partial charge in [-0.3, -0.25) is 4.79 Å². The molecular weight excluding hydrogens is 398 g/mol. The summed E-state index contributed by atoms with van der Waals surface area (Å²) in [5.41, 5.74) is 14.8. The first-order valence-corrected chi connectivity index (χ1v) is 10.8. The Morgan fingerprint density at radius 1 is 1.20 bits per heavy atom. The second-order valence-electron chi connectivity index (χ2n) is 7.48. The number of hydrogen-bond donors (Lipinski definition) is 4. The largest absolute Gasteiger partial charge is 0.364 e. The van der Waals surface area contributed by atoms with Gasteiger partial charge >= 0.3 is 0 Å². The van der Waals surface area contributed by atoms with Crippen molar-refractivity contribution in [1.29, 1.82) is 0 Å². The first-order chi connectivity index (χ1) is 14.5. The minimum Gasteiger partial charge on any atom is -0.364 e. The van der Waals surface area contributed by atoms with Crippen LogP contribution in [0, 0.1) is 6.92 Å². The van der Waals surface area contributed by atoms with Crippen LogP contribution in [-0.4, -0.2) is 32.3 Å². The van der Waals surface area contributed by atoms with Crippen LogP contribution in [0.2, 0.25) is 0 Å². The third kappa shape index (κ3) is 4.27. The highest BCUT2D eigenvalue weighted by atomic mass is 32.1. The van der Waals surface area contributed by atoms with Crippen LogP contribution < -0.4 is 22.1 Å². The standard InChI is InChI=1S/C21H25N7OS/c1-12-17(13-7-3-2-4-8-13)21(30-28-12)27-20-18(19(23)29)24-11-16(26-20)25-15-10-6-5-9-14(15)22/h2-4,7-8,11,14-15H,5-6,9-10,22H2,1H3,(H2,23,29)(H2,25,26,27)/t14-,15+/m0/s1. The number of nitrogens with one attached hydrogen (secondary N) is 2. The van der Waals surface area contributed by atoms with Crippen LogP contribution in [0.25, 0.3) is 11.1 Å². The maximum atomic E-state index is 12.0. The summed E-state index contributed by atoms with van der Waals surface area (Å²) in [5, 5.41) is 7.39. The van der Waals surface area contributed by atoms with Crippen LogP contribution in [0.4, 0.5) is 16.6 Å². The maximum absolute atomic E-state index is 12.0. The average Bonchev–Trinajstić information content (AvgIpc) is 3.10. The highest BCUT2D eigenvalue weighted by Crippen LogP contribution is 2.36. The monoisotopic (exact) mass is 423 g/mol. The molecule has 6 N–H and O–H groups in total. The molecule has 2 atom stereocenters. The van der Waals surface area contributed by atoms with E-state index in [0.29, 0.717) is 11.6 Å². The highest BCUT2D eigenvalue weighted by molar-refractivity contribution is 7.11.